The maximum absolute atomic E-state index is 2.61. The number of para-hydroxylation sites is 2. The maximum Gasteiger partial charge on any atom is 0.0620 e. The van der Waals surface area contributed by atoms with Crippen LogP contribution >= 0.6 is 0 Å². The molecule has 0 amide bonds. The zero-order chi connectivity index (χ0) is 23.9. The Morgan fingerprint density at radius 2 is 1.22 bits per heavy atom. The highest BCUT2D eigenvalue weighted by Gasteiger charge is 2.39. The lowest BCUT2D eigenvalue weighted by atomic mass is 9.81. The number of hydrogen-bond acceptors (Lipinski definition) is 0. The highest BCUT2D eigenvalue weighted by atomic mass is 15.0. The van der Waals surface area contributed by atoms with E-state index in [9.17, 15) is 0 Å². The van der Waals surface area contributed by atoms with Gasteiger partial charge >= 0.3 is 0 Å². The van der Waals surface area contributed by atoms with Gasteiger partial charge in [-0.15, -0.1) is 0 Å². The standard InChI is InChI=1S/C34H24N2/c1-34(2)25-15-6-4-10-19(25)24-18-28-30-29-21(12-9-17-27(29)35(28)3)23-14-8-13-22-20-11-5-7-16-26(20)36(32(22)23)33(30)31(24)34/h4-18H,1-3H3. The summed E-state index contributed by atoms with van der Waals surface area (Å²) < 4.78 is 5.01. The van der Waals surface area contributed by atoms with E-state index < -0.39 is 0 Å². The molecule has 0 aliphatic heterocycles. The highest BCUT2D eigenvalue weighted by molar-refractivity contribution is 6.32. The molecule has 2 nitrogen and oxygen atoms in total. The van der Waals surface area contributed by atoms with Crippen molar-refractivity contribution < 1.29 is 0 Å². The summed E-state index contributed by atoms with van der Waals surface area (Å²) in [5.74, 6) is 0. The summed E-state index contributed by atoms with van der Waals surface area (Å²) in [4.78, 5) is 0. The normalized spacial score (nSPS) is 14.8. The Labute approximate surface area is 208 Å². The average molecular weight is 461 g/mol. The molecule has 8 aromatic rings. The quantitative estimate of drug-likeness (QED) is 0.214. The van der Waals surface area contributed by atoms with Crippen LogP contribution in [-0.4, -0.2) is 8.97 Å². The van der Waals surface area contributed by atoms with Gasteiger partial charge in [-0.1, -0.05) is 86.6 Å². The van der Waals surface area contributed by atoms with Crippen LogP contribution in [-0.2, 0) is 12.5 Å². The topological polar surface area (TPSA) is 9.34 Å². The van der Waals surface area contributed by atoms with Gasteiger partial charge in [0.15, 0.2) is 0 Å². The maximum atomic E-state index is 2.61. The number of nitrogens with zero attached hydrogens (tertiary/aromatic N) is 2. The lowest BCUT2D eigenvalue weighted by Crippen LogP contribution is -2.16. The number of benzene rings is 5. The van der Waals surface area contributed by atoms with Crippen LogP contribution in [0.4, 0.5) is 0 Å². The Balaban J connectivity index is 1.76. The second-order valence-corrected chi connectivity index (χ2v) is 11.0. The molecule has 170 valence electrons. The number of rotatable bonds is 0. The van der Waals surface area contributed by atoms with E-state index in [0.29, 0.717) is 0 Å². The summed E-state index contributed by atoms with van der Waals surface area (Å²) >= 11 is 0. The largest absolute Gasteiger partial charge is 0.344 e. The van der Waals surface area contributed by atoms with Crippen LogP contribution in [0.3, 0.4) is 0 Å². The smallest absolute Gasteiger partial charge is 0.0620 e. The summed E-state index contributed by atoms with van der Waals surface area (Å²) in [6.45, 7) is 4.82. The zero-order valence-electron chi connectivity index (χ0n) is 20.6. The molecule has 5 aromatic carbocycles. The summed E-state index contributed by atoms with van der Waals surface area (Å²) in [6, 6.07) is 34.1. The molecule has 9 rings (SSSR count). The zero-order valence-corrected chi connectivity index (χ0v) is 20.6. The van der Waals surface area contributed by atoms with Crippen molar-refractivity contribution >= 4 is 59.9 Å². The fourth-order valence-electron chi connectivity index (χ4n) is 7.54. The molecule has 0 N–H and O–H groups in total. The first-order valence-electron chi connectivity index (χ1n) is 12.8. The van der Waals surface area contributed by atoms with Gasteiger partial charge in [-0.05, 0) is 45.8 Å². The number of hydrogen-bond donors (Lipinski definition) is 0. The van der Waals surface area contributed by atoms with Gasteiger partial charge in [-0.25, -0.2) is 0 Å². The average Bonchev–Trinajstić information content (AvgIpc) is 3.44. The van der Waals surface area contributed by atoms with Crippen LogP contribution in [0.2, 0.25) is 0 Å². The third kappa shape index (κ3) is 1.89. The fraction of sp³-hybridized carbons (Fsp3) is 0.118. The predicted octanol–water partition coefficient (Wildman–Crippen LogP) is 8.79. The molecule has 0 atom stereocenters. The van der Waals surface area contributed by atoms with Gasteiger partial charge < -0.3 is 8.97 Å². The van der Waals surface area contributed by atoms with E-state index in [1.807, 2.05) is 0 Å². The number of aryl methyl sites for hydroxylation is 1. The minimum Gasteiger partial charge on any atom is -0.344 e. The van der Waals surface area contributed by atoms with E-state index >= 15 is 0 Å². The lowest BCUT2D eigenvalue weighted by Gasteiger charge is -2.23. The summed E-state index contributed by atoms with van der Waals surface area (Å²) in [6.07, 6.45) is 0. The fourth-order valence-corrected chi connectivity index (χ4v) is 7.54. The molecule has 0 saturated carbocycles. The minimum atomic E-state index is -0.108. The molecule has 36 heavy (non-hydrogen) atoms. The molecule has 3 heterocycles. The van der Waals surface area contributed by atoms with Gasteiger partial charge in [-0.2, -0.15) is 0 Å². The van der Waals surface area contributed by atoms with E-state index in [0.717, 1.165) is 0 Å². The predicted molar refractivity (Wildman–Crippen MR) is 153 cm³/mol. The van der Waals surface area contributed by atoms with E-state index in [4.69, 9.17) is 0 Å². The molecule has 1 aliphatic carbocycles. The van der Waals surface area contributed by atoms with E-state index in [1.54, 1.807) is 0 Å². The third-order valence-electron chi connectivity index (χ3n) is 9.02. The van der Waals surface area contributed by atoms with E-state index in [-0.39, 0.29) is 5.41 Å². The van der Waals surface area contributed by atoms with Crippen LogP contribution in [0, 0.1) is 0 Å². The van der Waals surface area contributed by atoms with Crippen molar-refractivity contribution in [3.8, 4) is 11.1 Å². The first-order chi connectivity index (χ1) is 17.6. The second-order valence-electron chi connectivity index (χ2n) is 11.0. The monoisotopic (exact) mass is 460 g/mol. The SMILES string of the molecule is Cn1c2cccc3c4cccc5c6ccccc6n(c6c7c(cc1c6c32)-c1ccccc1C7(C)C)c45. The van der Waals surface area contributed by atoms with Gasteiger partial charge in [0.2, 0.25) is 0 Å². The molecular formula is C34H24N2. The van der Waals surface area contributed by atoms with Crippen molar-refractivity contribution in [2.24, 2.45) is 7.05 Å². The van der Waals surface area contributed by atoms with E-state index in [2.05, 4.69) is 121 Å². The highest BCUT2D eigenvalue weighted by Crippen LogP contribution is 2.54. The molecule has 0 unspecified atom stereocenters. The molecule has 2 heteroatoms. The Morgan fingerprint density at radius 1 is 0.556 bits per heavy atom. The summed E-state index contributed by atoms with van der Waals surface area (Å²) in [5.41, 5.74) is 12.1. The van der Waals surface area contributed by atoms with Crippen LogP contribution in [0.15, 0.2) is 91.0 Å². The van der Waals surface area contributed by atoms with Gasteiger partial charge in [0.05, 0.1) is 22.1 Å². The van der Waals surface area contributed by atoms with Gasteiger partial charge in [0.25, 0.3) is 0 Å². The van der Waals surface area contributed by atoms with Crippen molar-refractivity contribution in [3.63, 3.8) is 0 Å². The third-order valence-corrected chi connectivity index (χ3v) is 9.02. The molecule has 0 bridgehead atoms. The first kappa shape index (κ1) is 19.0. The molecule has 1 aliphatic rings. The van der Waals surface area contributed by atoms with Crippen LogP contribution in [0.5, 0.6) is 0 Å². The molecular weight excluding hydrogens is 436 g/mol. The van der Waals surface area contributed by atoms with Crippen molar-refractivity contribution in [1.29, 1.82) is 0 Å². The van der Waals surface area contributed by atoms with Gasteiger partial charge in [0.1, 0.15) is 0 Å². The van der Waals surface area contributed by atoms with Crippen LogP contribution in [0.25, 0.3) is 71.0 Å². The van der Waals surface area contributed by atoms with Crippen molar-refractivity contribution in [2.75, 3.05) is 0 Å². The summed E-state index contributed by atoms with van der Waals surface area (Å²) in [7, 11) is 2.23. The Morgan fingerprint density at radius 3 is 2.11 bits per heavy atom. The molecule has 0 spiro atoms. The van der Waals surface area contributed by atoms with Crippen molar-refractivity contribution in [1.82, 2.24) is 8.97 Å². The molecule has 0 radical (unpaired) electrons. The lowest BCUT2D eigenvalue weighted by molar-refractivity contribution is 0.664. The summed E-state index contributed by atoms with van der Waals surface area (Å²) in [5, 5.41) is 8.05. The number of aromatic nitrogens is 2. The molecule has 0 fully saturated rings. The Bertz CT molecular complexity index is 2240. The van der Waals surface area contributed by atoms with E-state index in [1.165, 1.54) is 82.2 Å². The Kier molecular flexibility index (Phi) is 3.11. The Hall–Kier alpha value is -4.30. The first-order valence-corrected chi connectivity index (χ1v) is 12.8. The second kappa shape index (κ2) is 5.91. The molecule has 3 aromatic heterocycles. The van der Waals surface area contributed by atoms with Crippen molar-refractivity contribution in [3.05, 3.63) is 102 Å². The minimum absolute atomic E-state index is 0.108. The van der Waals surface area contributed by atoms with Gasteiger partial charge in [0, 0.05) is 44.9 Å². The van der Waals surface area contributed by atoms with Crippen LogP contribution in [0.1, 0.15) is 25.0 Å². The number of fused-ring (bicyclic) bond motifs is 9. The van der Waals surface area contributed by atoms with Crippen LogP contribution < -0.4 is 0 Å². The molecule has 0 saturated heterocycles. The van der Waals surface area contributed by atoms with Crippen molar-refractivity contribution in [2.45, 2.75) is 19.3 Å². The van der Waals surface area contributed by atoms with Gasteiger partial charge in [-0.3, -0.25) is 0 Å².